The lowest BCUT2D eigenvalue weighted by Crippen LogP contribution is -2.41. The first kappa shape index (κ1) is 26.1. The Hall–Kier alpha value is -3.48. The normalized spacial score (nSPS) is 18.7. The Kier molecular flexibility index (Phi) is 6.66. The van der Waals surface area contributed by atoms with Gasteiger partial charge >= 0.3 is 0 Å². The highest BCUT2D eigenvalue weighted by atomic mass is 32.2. The predicted molar refractivity (Wildman–Crippen MR) is 140 cm³/mol. The van der Waals surface area contributed by atoms with Crippen molar-refractivity contribution in [2.24, 2.45) is 0 Å². The van der Waals surface area contributed by atoms with Gasteiger partial charge in [0.2, 0.25) is 10.0 Å². The molecule has 1 N–H and O–H groups in total. The van der Waals surface area contributed by atoms with Gasteiger partial charge in [0.15, 0.2) is 21.3 Å². The SMILES string of the molecule is COc1cc(CCN2C(=O)c3cccc4cccc(c34)C2=O)c(S(=O)(=O)N[C@H]2CCS(=O)(=O)C2)cc1OC. The Balaban J connectivity index is 1.48. The topological polar surface area (TPSA) is 136 Å². The number of ether oxygens (including phenoxy) is 2. The minimum absolute atomic E-state index is 0.00911. The molecule has 2 heterocycles. The highest BCUT2D eigenvalue weighted by Gasteiger charge is 2.35. The van der Waals surface area contributed by atoms with Crippen molar-refractivity contribution < 1.29 is 35.9 Å². The fourth-order valence-corrected chi connectivity index (χ4v) is 8.35. The van der Waals surface area contributed by atoms with Gasteiger partial charge in [-0.05, 0) is 42.0 Å². The zero-order valence-corrected chi connectivity index (χ0v) is 22.4. The first-order valence-corrected chi connectivity index (χ1v) is 15.2. The maximum Gasteiger partial charge on any atom is 0.261 e. The fourth-order valence-electron chi connectivity index (χ4n) is 5.03. The third kappa shape index (κ3) is 4.63. The van der Waals surface area contributed by atoms with Crippen molar-refractivity contribution in [3.63, 3.8) is 0 Å². The van der Waals surface area contributed by atoms with Gasteiger partial charge in [0.25, 0.3) is 11.8 Å². The number of amides is 2. The van der Waals surface area contributed by atoms with E-state index >= 15 is 0 Å². The Bertz CT molecular complexity index is 1630. The molecule has 38 heavy (non-hydrogen) atoms. The molecule has 3 aromatic carbocycles. The number of nitrogens with zero attached hydrogens (tertiary/aromatic N) is 1. The number of methoxy groups -OCH3 is 2. The maximum atomic E-state index is 13.4. The standard InChI is InChI=1S/C26H26N2O8S2/c1-35-21-13-17(23(14-22(21)36-2)38(33,34)27-18-10-12-37(31,32)15-18)9-11-28-25(29)19-7-3-5-16-6-4-8-20(24(16)19)26(28)30/h3-8,13-14,18,27H,9-12,15H2,1-2H3/t18-/m0/s1. The summed E-state index contributed by atoms with van der Waals surface area (Å²) in [4.78, 5) is 27.6. The first-order chi connectivity index (χ1) is 18.0. The molecule has 2 aliphatic rings. The lowest BCUT2D eigenvalue weighted by molar-refractivity contribution is 0.0612. The summed E-state index contributed by atoms with van der Waals surface area (Å²) in [7, 11) is -4.72. The van der Waals surface area contributed by atoms with Crippen molar-refractivity contribution in [3.8, 4) is 11.5 Å². The van der Waals surface area contributed by atoms with Gasteiger partial charge < -0.3 is 9.47 Å². The molecule has 0 saturated carbocycles. The van der Waals surface area contributed by atoms with Crippen molar-refractivity contribution in [1.82, 2.24) is 9.62 Å². The number of sulfone groups is 1. The molecule has 12 heteroatoms. The van der Waals surface area contributed by atoms with Crippen molar-refractivity contribution in [1.29, 1.82) is 0 Å². The van der Waals surface area contributed by atoms with Crippen molar-refractivity contribution >= 4 is 42.4 Å². The van der Waals surface area contributed by atoms with Gasteiger partial charge in [-0.1, -0.05) is 24.3 Å². The number of carbonyl (C=O) groups excluding carboxylic acids is 2. The molecular weight excluding hydrogens is 532 g/mol. The van der Waals surface area contributed by atoms with Gasteiger partial charge in [0.05, 0.1) is 30.6 Å². The predicted octanol–water partition coefficient (Wildman–Crippen LogP) is 2.16. The van der Waals surface area contributed by atoms with Gasteiger partial charge in [0, 0.05) is 35.2 Å². The molecule has 1 atom stereocenters. The molecule has 200 valence electrons. The first-order valence-electron chi connectivity index (χ1n) is 11.9. The van der Waals surface area contributed by atoms with Gasteiger partial charge in [-0.2, -0.15) is 0 Å². The number of nitrogens with one attached hydrogen (secondary N) is 1. The average molecular weight is 559 g/mol. The number of hydrogen-bond donors (Lipinski definition) is 1. The van der Waals surface area contributed by atoms with Gasteiger partial charge in [-0.25, -0.2) is 21.6 Å². The van der Waals surface area contributed by atoms with E-state index in [1.807, 2.05) is 12.1 Å². The van der Waals surface area contributed by atoms with Crippen LogP contribution in [0.1, 0.15) is 32.7 Å². The number of sulfonamides is 1. The fraction of sp³-hybridized carbons (Fsp3) is 0.308. The molecule has 0 radical (unpaired) electrons. The van der Waals surface area contributed by atoms with E-state index in [4.69, 9.17) is 9.47 Å². The van der Waals surface area contributed by atoms with E-state index in [1.54, 1.807) is 24.3 Å². The molecule has 0 bridgehead atoms. The largest absolute Gasteiger partial charge is 0.493 e. The van der Waals surface area contributed by atoms with E-state index in [0.29, 0.717) is 16.5 Å². The van der Waals surface area contributed by atoms with Crippen LogP contribution in [-0.2, 0) is 26.3 Å². The van der Waals surface area contributed by atoms with E-state index < -0.39 is 37.7 Å². The van der Waals surface area contributed by atoms with E-state index in [0.717, 1.165) is 10.3 Å². The zero-order chi connectivity index (χ0) is 27.2. The van der Waals surface area contributed by atoms with Crippen LogP contribution < -0.4 is 14.2 Å². The van der Waals surface area contributed by atoms with E-state index in [9.17, 15) is 26.4 Å². The van der Waals surface area contributed by atoms with Crippen LogP contribution >= 0.6 is 0 Å². The molecule has 3 aromatic rings. The number of imide groups is 1. The summed E-state index contributed by atoms with van der Waals surface area (Å²) in [6.07, 6.45) is 0.182. The second-order valence-electron chi connectivity index (χ2n) is 9.26. The highest BCUT2D eigenvalue weighted by molar-refractivity contribution is 7.92. The molecule has 5 rings (SSSR count). The van der Waals surface area contributed by atoms with Crippen LogP contribution in [0, 0.1) is 0 Å². The molecule has 2 aliphatic heterocycles. The van der Waals surface area contributed by atoms with Crippen LogP contribution in [0.3, 0.4) is 0 Å². The Morgan fingerprint density at radius 3 is 2.13 bits per heavy atom. The second kappa shape index (κ2) is 9.68. The minimum Gasteiger partial charge on any atom is -0.493 e. The van der Waals surface area contributed by atoms with E-state index in [-0.39, 0.29) is 52.9 Å². The Morgan fingerprint density at radius 1 is 0.974 bits per heavy atom. The van der Waals surface area contributed by atoms with Crippen LogP contribution in [0.15, 0.2) is 53.4 Å². The van der Waals surface area contributed by atoms with Crippen LogP contribution in [-0.4, -0.2) is 71.9 Å². The van der Waals surface area contributed by atoms with Crippen LogP contribution in [0.5, 0.6) is 11.5 Å². The van der Waals surface area contributed by atoms with Crippen LogP contribution in [0.25, 0.3) is 10.8 Å². The summed E-state index contributed by atoms with van der Waals surface area (Å²) >= 11 is 0. The lowest BCUT2D eigenvalue weighted by Gasteiger charge is -2.27. The molecular formula is C26H26N2O8S2. The molecule has 1 saturated heterocycles. The highest BCUT2D eigenvalue weighted by Crippen LogP contribution is 2.35. The van der Waals surface area contributed by atoms with E-state index in [2.05, 4.69) is 4.72 Å². The lowest BCUT2D eigenvalue weighted by atomic mass is 9.94. The number of carbonyl (C=O) groups is 2. The molecule has 1 fully saturated rings. The van der Waals surface area contributed by atoms with Crippen molar-refractivity contribution in [3.05, 3.63) is 65.2 Å². The van der Waals surface area contributed by atoms with Gasteiger partial charge in [0.1, 0.15) is 0 Å². The third-order valence-corrected chi connectivity index (χ3v) is 10.2. The molecule has 0 aliphatic carbocycles. The summed E-state index contributed by atoms with van der Waals surface area (Å²) in [5, 5.41) is 1.39. The number of benzene rings is 3. The second-order valence-corrected chi connectivity index (χ2v) is 13.2. The van der Waals surface area contributed by atoms with Crippen molar-refractivity contribution in [2.75, 3.05) is 32.3 Å². The molecule has 0 spiro atoms. The quantitative estimate of drug-likeness (QED) is 0.416. The average Bonchev–Trinajstić information content (AvgIpc) is 3.23. The van der Waals surface area contributed by atoms with Gasteiger partial charge in [-0.3, -0.25) is 14.5 Å². The number of rotatable bonds is 8. The number of hydrogen-bond acceptors (Lipinski definition) is 8. The van der Waals surface area contributed by atoms with Crippen LogP contribution in [0.2, 0.25) is 0 Å². The summed E-state index contributed by atoms with van der Waals surface area (Å²) in [5.74, 6) is -0.849. The van der Waals surface area contributed by atoms with Crippen LogP contribution in [0.4, 0.5) is 0 Å². The summed E-state index contributed by atoms with van der Waals surface area (Å²) in [6, 6.07) is 12.5. The summed E-state index contributed by atoms with van der Waals surface area (Å²) in [5.41, 5.74) is 1.10. The Morgan fingerprint density at radius 2 is 1.58 bits per heavy atom. The zero-order valence-electron chi connectivity index (χ0n) is 20.8. The minimum atomic E-state index is -4.18. The molecule has 10 nitrogen and oxygen atoms in total. The third-order valence-electron chi connectivity index (χ3n) is 6.87. The summed E-state index contributed by atoms with van der Waals surface area (Å²) in [6.45, 7) is -0.0851. The monoisotopic (exact) mass is 558 g/mol. The maximum absolute atomic E-state index is 13.4. The van der Waals surface area contributed by atoms with Crippen molar-refractivity contribution in [2.45, 2.75) is 23.8 Å². The molecule has 0 unspecified atom stereocenters. The summed E-state index contributed by atoms with van der Waals surface area (Å²) < 4.78 is 63.7. The molecule has 0 aromatic heterocycles. The van der Waals surface area contributed by atoms with Gasteiger partial charge in [-0.15, -0.1) is 0 Å². The smallest absolute Gasteiger partial charge is 0.261 e. The molecule has 2 amide bonds. The van der Waals surface area contributed by atoms with E-state index in [1.165, 1.54) is 26.4 Å². The Labute approximate surface area is 220 Å².